The summed E-state index contributed by atoms with van der Waals surface area (Å²) in [6, 6.07) is 2.04. The van der Waals surface area contributed by atoms with Gasteiger partial charge in [-0.25, -0.2) is 0 Å². The maximum absolute atomic E-state index is 12.6. The summed E-state index contributed by atoms with van der Waals surface area (Å²) in [6.45, 7) is 0. The van der Waals surface area contributed by atoms with Gasteiger partial charge in [0.05, 0.1) is 12.0 Å². The second-order valence-electron chi connectivity index (χ2n) is 4.42. The lowest BCUT2D eigenvalue weighted by molar-refractivity contribution is -0.138. The summed E-state index contributed by atoms with van der Waals surface area (Å²) in [6.07, 6.45) is -4.63. The van der Waals surface area contributed by atoms with Crippen LogP contribution in [0, 0.1) is 0 Å². The van der Waals surface area contributed by atoms with Crippen molar-refractivity contribution in [3.63, 3.8) is 0 Å². The fourth-order valence-corrected chi connectivity index (χ4v) is 2.14. The van der Waals surface area contributed by atoms with Gasteiger partial charge < -0.3 is 5.32 Å². The molecule has 0 radical (unpaired) electrons. The van der Waals surface area contributed by atoms with E-state index in [1.165, 1.54) is 13.1 Å². The Kier molecular flexibility index (Phi) is 3.64. The third-order valence-corrected chi connectivity index (χ3v) is 3.17. The van der Waals surface area contributed by atoms with Crippen LogP contribution in [0.4, 0.5) is 18.9 Å². The van der Waals surface area contributed by atoms with Crippen LogP contribution in [0.15, 0.2) is 18.2 Å². The van der Waals surface area contributed by atoms with Gasteiger partial charge in [0.15, 0.2) is 0 Å². The van der Waals surface area contributed by atoms with Crippen molar-refractivity contribution < 1.29 is 22.8 Å². The number of carbonyl (C=O) groups is 2. The standard InChI is InChI=1S/C12H10ClF3N2O2/c1-18-10(19)5-9(11(18)20)17-8-3-6(12(14,15)16)2-7(13)4-8/h2-4,9,17H,5H2,1H3. The van der Waals surface area contributed by atoms with Gasteiger partial charge >= 0.3 is 6.18 Å². The zero-order valence-corrected chi connectivity index (χ0v) is 11.0. The molecule has 1 heterocycles. The molecule has 2 amide bonds. The van der Waals surface area contributed by atoms with Crippen molar-refractivity contribution in [1.29, 1.82) is 0 Å². The molecule has 20 heavy (non-hydrogen) atoms. The first kappa shape index (κ1) is 14.6. The highest BCUT2D eigenvalue weighted by Crippen LogP contribution is 2.33. The highest BCUT2D eigenvalue weighted by Gasteiger charge is 2.36. The van der Waals surface area contributed by atoms with E-state index in [0.29, 0.717) is 0 Å². The Hall–Kier alpha value is -1.76. The van der Waals surface area contributed by atoms with E-state index < -0.39 is 23.7 Å². The van der Waals surface area contributed by atoms with Crippen molar-refractivity contribution in [2.75, 3.05) is 12.4 Å². The number of nitrogens with zero attached hydrogens (tertiary/aromatic N) is 1. The lowest BCUT2D eigenvalue weighted by atomic mass is 10.1. The summed E-state index contributed by atoms with van der Waals surface area (Å²) < 4.78 is 37.9. The molecule has 8 heteroatoms. The van der Waals surface area contributed by atoms with Gasteiger partial charge in [-0.1, -0.05) is 11.6 Å². The van der Waals surface area contributed by atoms with Crippen LogP contribution in [0.2, 0.25) is 5.02 Å². The highest BCUT2D eigenvalue weighted by atomic mass is 35.5. The van der Waals surface area contributed by atoms with Gasteiger partial charge in [0.25, 0.3) is 5.91 Å². The Balaban J connectivity index is 2.25. The number of amides is 2. The average molecular weight is 307 g/mol. The van der Waals surface area contributed by atoms with Crippen molar-refractivity contribution in [2.24, 2.45) is 0 Å². The number of likely N-dealkylation sites (tertiary alicyclic amines) is 1. The van der Waals surface area contributed by atoms with E-state index in [1.807, 2.05) is 0 Å². The van der Waals surface area contributed by atoms with E-state index in [4.69, 9.17) is 11.6 Å². The summed E-state index contributed by atoms with van der Waals surface area (Å²) in [5.41, 5.74) is -0.871. The van der Waals surface area contributed by atoms with E-state index in [0.717, 1.165) is 17.0 Å². The second kappa shape index (κ2) is 4.97. The molecule has 1 aliphatic rings. The molecule has 2 rings (SSSR count). The monoisotopic (exact) mass is 306 g/mol. The van der Waals surface area contributed by atoms with E-state index in [-0.39, 0.29) is 23.0 Å². The molecule has 1 atom stereocenters. The molecule has 1 aromatic rings. The molecule has 1 fully saturated rings. The molecule has 108 valence electrons. The molecule has 1 aromatic carbocycles. The minimum Gasteiger partial charge on any atom is -0.373 e. The smallest absolute Gasteiger partial charge is 0.373 e. The third-order valence-electron chi connectivity index (χ3n) is 2.95. The lowest BCUT2D eigenvalue weighted by Crippen LogP contribution is -2.31. The first-order valence-corrected chi connectivity index (χ1v) is 6.01. The first-order chi connectivity index (χ1) is 9.18. The van der Waals surface area contributed by atoms with E-state index in [2.05, 4.69) is 5.32 Å². The zero-order chi connectivity index (χ0) is 15.1. The van der Waals surface area contributed by atoms with E-state index in [9.17, 15) is 22.8 Å². The van der Waals surface area contributed by atoms with Crippen LogP contribution < -0.4 is 5.32 Å². The predicted octanol–water partition coefficient (Wildman–Crippen LogP) is 2.53. The molecule has 4 nitrogen and oxygen atoms in total. The molecule has 1 saturated heterocycles. The van der Waals surface area contributed by atoms with Crippen LogP contribution in [-0.2, 0) is 15.8 Å². The number of likely N-dealkylation sites (N-methyl/N-ethyl adjacent to an activating group) is 1. The number of anilines is 1. The maximum Gasteiger partial charge on any atom is 0.416 e. The van der Waals surface area contributed by atoms with Gasteiger partial charge in [0.2, 0.25) is 5.91 Å². The topological polar surface area (TPSA) is 49.4 Å². The van der Waals surface area contributed by atoms with Crippen molar-refractivity contribution in [1.82, 2.24) is 4.90 Å². The number of imide groups is 1. The fourth-order valence-electron chi connectivity index (χ4n) is 1.91. The number of hydrogen-bond acceptors (Lipinski definition) is 3. The van der Waals surface area contributed by atoms with Gasteiger partial charge in [-0.2, -0.15) is 13.2 Å². The van der Waals surface area contributed by atoms with Crippen LogP contribution in [-0.4, -0.2) is 29.8 Å². The Morgan fingerprint density at radius 3 is 2.45 bits per heavy atom. The quantitative estimate of drug-likeness (QED) is 0.854. The van der Waals surface area contributed by atoms with Crippen LogP contribution in [0.25, 0.3) is 0 Å². The number of hydrogen-bond donors (Lipinski definition) is 1. The third kappa shape index (κ3) is 2.87. The summed E-state index contributed by atoms with van der Waals surface area (Å²) in [4.78, 5) is 23.9. The maximum atomic E-state index is 12.6. The van der Waals surface area contributed by atoms with Gasteiger partial charge in [-0.05, 0) is 18.2 Å². The first-order valence-electron chi connectivity index (χ1n) is 5.63. The molecule has 1 N–H and O–H groups in total. The molecular formula is C12H10ClF3N2O2. The number of alkyl halides is 3. The van der Waals surface area contributed by atoms with Crippen molar-refractivity contribution in [2.45, 2.75) is 18.6 Å². The largest absolute Gasteiger partial charge is 0.416 e. The van der Waals surface area contributed by atoms with Crippen molar-refractivity contribution in [3.05, 3.63) is 28.8 Å². The Morgan fingerprint density at radius 2 is 1.95 bits per heavy atom. The molecule has 0 aliphatic carbocycles. The Bertz CT molecular complexity index is 574. The average Bonchev–Trinajstić information content (AvgIpc) is 2.55. The van der Waals surface area contributed by atoms with Crippen LogP contribution in [0.3, 0.4) is 0 Å². The number of benzene rings is 1. The molecule has 0 spiro atoms. The van der Waals surface area contributed by atoms with Crippen LogP contribution >= 0.6 is 11.6 Å². The van der Waals surface area contributed by atoms with E-state index in [1.54, 1.807) is 0 Å². The van der Waals surface area contributed by atoms with Gasteiger partial charge in [-0.15, -0.1) is 0 Å². The Labute approximate surface area is 117 Å². The molecule has 0 aromatic heterocycles. The molecule has 1 unspecified atom stereocenters. The SMILES string of the molecule is CN1C(=O)CC(Nc2cc(Cl)cc(C(F)(F)F)c2)C1=O. The summed E-state index contributed by atoms with van der Waals surface area (Å²) >= 11 is 5.63. The molecule has 0 bridgehead atoms. The number of halogens is 4. The summed E-state index contributed by atoms with van der Waals surface area (Å²) in [5, 5.41) is 2.50. The Morgan fingerprint density at radius 1 is 1.30 bits per heavy atom. The minimum absolute atomic E-state index is 0.0475. The van der Waals surface area contributed by atoms with Gasteiger partial charge in [0.1, 0.15) is 6.04 Å². The normalized spacial score (nSPS) is 19.6. The minimum atomic E-state index is -4.53. The summed E-state index contributed by atoms with van der Waals surface area (Å²) in [7, 11) is 1.32. The van der Waals surface area contributed by atoms with Crippen LogP contribution in [0.1, 0.15) is 12.0 Å². The number of nitrogens with one attached hydrogen (secondary N) is 1. The zero-order valence-electron chi connectivity index (χ0n) is 10.3. The lowest BCUT2D eigenvalue weighted by Gasteiger charge is -2.15. The van der Waals surface area contributed by atoms with Crippen LogP contribution in [0.5, 0.6) is 0 Å². The summed E-state index contributed by atoms with van der Waals surface area (Å²) in [5.74, 6) is -0.867. The van der Waals surface area contributed by atoms with Gasteiger partial charge in [0, 0.05) is 17.8 Å². The van der Waals surface area contributed by atoms with Gasteiger partial charge in [-0.3, -0.25) is 14.5 Å². The van der Waals surface area contributed by atoms with E-state index >= 15 is 0 Å². The number of rotatable bonds is 2. The van der Waals surface area contributed by atoms with Crippen molar-refractivity contribution in [3.8, 4) is 0 Å². The molecule has 1 aliphatic heterocycles. The second-order valence-corrected chi connectivity index (χ2v) is 4.85. The number of carbonyl (C=O) groups excluding carboxylic acids is 2. The van der Waals surface area contributed by atoms with Crippen molar-refractivity contribution >= 4 is 29.1 Å². The predicted molar refractivity (Wildman–Crippen MR) is 66.3 cm³/mol. The molecular weight excluding hydrogens is 297 g/mol. The fraction of sp³-hybridized carbons (Fsp3) is 0.333. The highest BCUT2D eigenvalue weighted by molar-refractivity contribution is 6.31. The molecule has 0 saturated carbocycles.